The summed E-state index contributed by atoms with van der Waals surface area (Å²) in [5.41, 5.74) is 2.62. The molecule has 0 aliphatic rings. The Morgan fingerprint density at radius 2 is 1.89 bits per heavy atom. The van der Waals surface area contributed by atoms with E-state index in [2.05, 4.69) is 41.2 Å². The van der Waals surface area contributed by atoms with Gasteiger partial charge in [-0.2, -0.15) is 11.3 Å². The number of hydrogen-bond acceptors (Lipinski definition) is 3. The van der Waals surface area contributed by atoms with E-state index in [-0.39, 0.29) is 6.04 Å². The molecule has 1 N–H and O–H groups in total. The van der Waals surface area contributed by atoms with E-state index < -0.39 is 0 Å². The number of thiophene rings is 1. The first-order valence-electron chi connectivity index (χ1n) is 6.83. The molecule has 0 aliphatic heterocycles. The SMILES string of the molecule is CCCNC(c1ccc(OCC)cc1)c1ccsc1. The molecule has 0 saturated heterocycles. The summed E-state index contributed by atoms with van der Waals surface area (Å²) >= 11 is 1.74. The second kappa shape index (κ2) is 7.31. The summed E-state index contributed by atoms with van der Waals surface area (Å²) in [6.45, 7) is 5.93. The Kier molecular flexibility index (Phi) is 5.43. The van der Waals surface area contributed by atoms with Crippen LogP contribution in [-0.4, -0.2) is 13.2 Å². The topological polar surface area (TPSA) is 21.3 Å². The monoisotopic (exact) mass is 275 g/mol. The Bertz CT molecular complexity index is 464. The highest BCUT2D eigenvalue weighted by Crippen LogP contribution is 2.25. The molecule has 2 rings (SSSR count). The molecule has 1 aromatic heterocycles. The van der Waals surface area contributed by atoms with Crippen molar-refractivity contribution in [1.29, 1.82) is 0 Å². The van der Waals surface area contributed by atoms with Crippen LogP contribution >= 0.6 is 11.3 Å². The molecule has 0 radical (unpaired) electrons. The van der Waals surface area contributed by atoms with E-state index in [1.54, 1.807) is 11.3 Å². The van der Waals surface area contributed by atoms with Crippen molar-refractivity contribution in [1.82, 2.24) is 5.32 Å². The van der Waals surface area contributed by atoms with E-state index in [4.69, 9.17) is 4.74 Å². The highest BCUT2D eigenvalue weighted by Gasteiger charge is 2.13. The summed E-state index contributed by atoms with van der Waals surface area (Å²) in [4.78, 5) is 0. The van der Waals surface area contributed by atoms with Gasteiger partial charge >= 0.3 is 0 Å². The lowest BCUT2D eigenvalue weighted by atomic mass is 10.0. The largest absolute Gasteiger partial charge is 0.494 e. The Balaban J connectivity index is 2.17. The van der Waals surface area contributed by atoms with Gasteiger partial charge in [-0.05, 0) is 60.0 Å². The number of nitrogens with one attached hydrogen (secondary N) is 1. The number of rotatable bonds is 7. The van der Waals surface area contributed by atoms with Crippen LogP contribution in [0.5, 0.6) is 5.75 Å². The van der Waals surface area contributed by atoms with E-state index >= 15 is 0 Å². The van der Waals surface area contributed by atoms with Gasteiger partial charge in [-0.1, -0.05) is 19.1 Å². The molecule has 19 heavy (non-hydrogen) atoms. The van der Waals surface area contributed by atoms with Gasteiger partial charge in [-0.3, -0.25) is 0 Å². The fourth-order valence-corrected chi connectivity index (χ4v) is 2.77. The van der Waals surface area contributed by atoms with Crippen LogP contribution in [0.2, 0.25) is 0 Å². The summed E-state index contributed by atoms with van der Waals surface area (Å²) < 4.78 is 5.49. The third kappa shape index (κ3) is 3.82. The van der Waals surface area contributed by atoms with Crippen molar-refractivity contribution in [2.75, 3.05) is 13.2 Å². The molecule has 1 aromatic carbocycles. The predicted molar refractivity (Wildman–Crippen MR) is 82.1 cm³/mol. The smallest absolute Gasteiger partial charge is 0.119 e. The second-order valence-corrected chi connectivity index (χ2v) is 5.23. The van der Waals surface area contributed by atoms with E-state index in [0.717, 1.165) is 18.7 Å². The Morgan fingerprint density at radius 1 is 1.11 bits per heavy atom. The lowest BCUT2D eigenvalue weighted by molar-refractivity contribution is 0.340. The van der Waals surface area contributed by atoms with Gasteiger partial charge < -0.3 is 10.1 Å². The number of ether oxygens (including phenoxy) is 1. The maximum absolute atomic E-state index is 5.49. The van der Waals surface area contributed by atoms with Crippen molar-refractivity contribution in [3.63, 3.8) is 0 Å². The fraction of sp³-hybridized carbons (Fsp3) is 0.375. The zero-order chi connectivity index (χ0) is 13.5. The van der Waals surface area contributed by atoms with E-state index in [1.807, 2.05) is 19.1 Å². The van der Waals surface area contributed by atoms with Crippen molar-refractivity contribution in [2.24, 2.45) is 0 Å². The first-order chi connectivity index (χ1) is 9.35. The average molecular weight is 275 g/mol. The van der Waals surface area contributed by atoms with Crippen LogP contribution in [0.4, 0.5) is 0 Å². The van der Waals surface area contributed by atoms with Gasteiger partial charge in [0, 0.05) is 0 Å². The van der Waals surface area contributed by atoms with Crippen LogP contribution in [0.3, 0.4) is 0 Å². The second-order valence-electron chi connectivity index (χ2n) is 4.45. The predicted octanol–water partition coefficient (Wildman–Crippen LogP) is 4.24. The van der Waals surface area contributed by atoms with Crippen LogP contribution in [0.15, 0.2) is 41.1 Å². The minimum absolute atomic E-state index is 0.280. The Morgan fingerprint density at radius 3 is 2.47 bits per heavy atom. The van der Waals surface area contributed by atoms with E-state index in [1.165, 1.54) is 11.1 Å². The molecule has 2 nitrogen and oxygen atoms in total. The Labute approximate surface area is 119 Å². The maximum atomic E-state index is 5.49. The average Bonchev–Trinajstić information content (AvgIpc) is 2.95. The molecule has 1 atom stereocenters. The van der Waals surface area contributed by atoms with Crippen molar-refractivity contribution < 1.29 is 4.74 Å². The van der Waals surface area contributed by atoms with Gasteiger partial charge in [0.1, 0.15) is 5.75 Å². The summed E-state index contributed by atoms with van der Waals surface area (Å²) in [6.07, 6.45) is 1.14. The lowest BCUT2D eigenvalue weighted by Gasteiger charge is -2.18. The van der Waals surface area contributed by atoms with E-state index in [0.29, 0.717) is 6.61 Å². The zero-order valence-corrected chi connectivity index (χ0v) is 12.4. The van der Waals surface area contributed by atoms with Crippen molar-refractivity contribution in [3.8, 4) is 5.75 Å². The van der Waals surface area contributed by atoms with Crippen LogP contribution in [0.25, 0.3) is 0 Å². The van der Waals surface area contributed by atoms with E-state index in [9.17, 15) is 0 Å². The summed E-state index contributed by atoms with van der Waals surface area (Å²) in [5, 5.41) is 7.95. The quantitative estimate of drug-likeness (QED) is 0.816. The molecule has 2 aromatic rings. The van der Waals surface area contributed by atoms with Gasteiger partial charge in [-0.15, -0.1) is 0 Å². The molecule has 0 fully saturated rings. The zero-order valence-electron chi connectivity index (χ0n) is 11.6. The molecular weight excluding hydrogens is 254 g/mol. The van der Waals surface area contributed by atoms with Gasteiger partial charge in [0.15, 0.2) is 0 Å². The van der Waals surface area contributed by atoms with Crippen molar-refractivity contribution in [3.05, 3.63) is 52.2 Å². The highest BCUT2D eigenvalue weighted by atomic mass is 32.1. The van der Waals surface area contributed by atoms with Gasteiger partial charge in [0.05, 0.1) is 12.6 Å². The van der Waals surface area contributed by atoms with Gasteiger partial charge in [0.2, 0.25) is 0 Å². The molecule has 3 heteroatoms. The minimum atomic E-state index is 0.280. The summed E-state index contributed by atoms with van der Waals surface area (Å²) in [5.74, 6) is 0.936. The molecule has 0 spiro atoms. The molecule has 0 aliphatic carbocycles. The molecule has 0 amide bonds. The fourth-order valence-electron chi connectivity index (χ4n) is 2.08. The molecule has 102 valence electrons. The molecular formula is C16H21NOS. The molecule has 1 heterocycles. The molecule has 1 unspecified atom stereocenters. The maximum Gasteiger partial charge on any atom is 0.119 e. The van der Waals surface area contributed by atoms with Crippen LogP contribution in [-0.2, 0) is 0 Å². The standard InChI is InChI=1S/C16H21NOS/c1-3-10-17-16(14-9-11-19-12-14)13-5-7-15(8-6-13)18-4-2/h5-9,11-12,16-17H,3-4,10H2,1-2H3. The highest BCUT2D eigenvalue weighted by molar-refractivity contribution is 7.08. The minimum Gasteiger partial charge on any atom is -0.494 e. The third-order valence-corrected chi connectivity index (χ3v) is 3.70. The normalized spacial score (nSPS) is 12.3. The Hall–Kier alpha value is -1.32. The van der Waals surface area contributed by atoms with Crippen LogP contribution < -0.4 is 10.1 Å². The number of benzene rings is 1. The van der Waals surface area contributed by atoms with Gasteiger partial charge in [0.25, 0.3) is 0 Å². The first kappa shape index (κ1) is 14.1. The number of hydrogen-bond donors (Lipinski definition) is 1. The third-order valence-electron chi connectivity index (χ3n) is 3.00. The first-order valence-corrected chi connectivity index (χ1v) is 7.77. The molecule has 0 saturated carbocycles. The van der Waals surface area contributed by atoms with Crippen molar-refractivity contribution in [2.45, 2.75) is 26.3 Å². The van der Waals surface area contributed by atoms with Crippen LogP contribution in [0.1, 0.15) is 37.4 Å². The lowest BCUT2D eigenvalue weighted by Crippen LogP contribution is -2.22. The van der Waals surface area contributed by atoms with Gasteiger partial charge in [-0.25, -0.2) is 0 Å². The van der Waals surface area contributed by atoms with Crippen molar-refractivity contribution >= 4 is 11.3 Å². The van der Waals surface area contributed by atoms with Crippen LogP contribution in [0, 0.1) is 0 Å². The molecule has 0 bridgehead atoms. The summed E-state index contributed by atoms with van der Waals surface area (Å²) in [7, 11) is 0. The summed E-state index contributed by atoms with van der Waals surface area (Å²) in [6, 6.07) is 10.9.